The van der Waals surface area contributed by atoms with Crippen LogP contribution in [0.25, 0.3) is 0 Å². The molecule has 1 aromatic heterocycles. The van der Waals surface area contributed by atoms with Crippen molar-refractivity contribution in [2.24, 2.45) is 0 Å². The van der Waals surface area contributed by atoms with Crippen molar-refractivity contribution in [3.8, 4) is 5.75 Å². The fraction of sp³-hybridized carbons (Fsp3) is 0.600. The Morgan fingerprint density at radius 2 is 1.93 bits per heavy atom. The quantitative estimate of drug-likeness (QED) is 0.683. The van der Waals surface area contributed by atoms with Gasteiger partial charge in [-0.15, -0.1) is 0 Å². The number of hydrogen-bond donors (Lipinski definition) is 2. The smallest absolute Gasteiger partial charge is 0.222 e. The minimum atomic E-state index is 0.503. The van der Waals surface area contributed by atoms with E-state index >= 15 is 0 Å². The third kappa shape index (κ3) is 4.60. The Kier molecular flexibility index (Phi) is 4.83. The molecule has 84 valence electrons. The Morgan fingerprint density at radius 3 is 2.47 bits per heavy atom. The molecule has 2 N–H and O–H groups in total. The van der Waals surface area contributed by atoms with Crippen LogP contribution in [0.1, 0.15) is 13.8 Å². The topological polar surface area (TPSA) is 59.1 Å². The van der Waals surface area contributed by atoms with Crippen LogP contribution in [0.2, 0.25) is 0 Å². The van der Waals surface area contributed by atoms with Crippen molar-refractivity contribution in [1.82, 2.24) is 15.3 Å². The lowest BCUT2D eigenvalue weighted by molar-refractivity contribution is 0.411. The summed E-state index contributed by atoms with van der Waals surface area (Å²) in [5, 5.41) is 6.41. The van der Waals surface area contributed by atoms with Crippen molar-refractivity contribution in [3.05, 3.63) is 12.4 Å². The van der Waals surface area contributed by atoms with Gasteiger partial charge in [-0.3, -0.25) is 0 Å². The van der Waals surface area contributed by atoms with Gasteiger partial charge in [0.25, 0.3) is 0 Å². The molecule has 5 heteroatoms. The highest BCUT2D eigenvalue weighted by atomic mass is 16.5. The van der Waals surface area contributed by atoms with E-state index in [2.05, 4.69) is 34.4 Å². The normalized spacial score (nSPS) is 10.4. The molecule has 0 unspecified atom stereocenters. The highest BCUT2D eigenvalue weighted by Crippen LogP contribution is 2.06. The lowest BCUT2D eigenvalue weighted by atomic mass is 10.4. The van der Waals surface area contributed by atoms with E-state index in [0.29, 0.717) is 17.7 Å². The van der Waals surface area contributed by atoms with Crippen molar-refractivity contribution in [1.29, 1.82) is 0 Å². The number of rotatable bonds is 6. The molecule has 1 rings (SSSR count). The maximum Gasteiger partial charge on any atom is 0.222 e. The van der Waals surface area contributed by atoms with Gasteiger partial charge in [0, 0.05) is 19.1 Å². The number of aromatic nitrogens is 2. The molecule has 0 aliphatic rings. The first-order valence-electron chi connectivity index (χ1n) is 5.05. The number of hydrogen-bond acceptors (Lipinski definition) is 5. The first-order valence-corrected chi connectivity index (χ1v) is 5.05. The second-order valence-corrected chi connectivity index (χ2v) is 3.48. The van der Waals surface area contributed by atoms with Crippen LogP contribution in [0.3, 0.4) is 0 Å². The summed E-state index contributed by atoms with van der Waals surface area (Å²) in [6, 6.07) is 0.503. The van der Waals surface area contributed by atoms with Gasteiger partial charge < -0.3 is 15.4 Å². The average molecular weight is 210 g/mol. The van der Waals surface area contributed by atoms with Crippen LogP contribution in [0.15, 0.2) is 12.4 Å². The van der Waals surface area contributed by atoms with Crippen molar-refractivity contribution < 1.29 is 4.74 Å². The lowest BCUT2D eigenvalue weighted by Crippen LogP contribution is -2.28. The zero-order chi connectivity index (χ0) is 11.1. The van der Waals surface area contributed by atoms with Gasteiger partial charge in [-0.2, -0.15) is 0 Å². The predicted molar refractivity (Wildman–Crippen MR) is 60.2 cm³/mol. The van der Waals surface area contributed by atoms with Gasteiger partial charge in [-0.25, -0.2) is 9.97 Å². The molecule has 0 saturated heterocycles. The van der Waals surface area contributed by atoms with Crippen LogP contribution in [-0.4, -0.2) is 36.2 Å². The Hall–Kier alpha value is -1.36. The van der Waals surface area contributed by atoms with Gasteiger partial charge >= 0.3 is 0 Å². The minimum Gasteiger partial charge on any atom is -0.494 e. The van der Waals surface area contributed by atoms with E-state index < -0.39 is 0 Å². The summed E-state index contributed by atoms with van der Waals surface area (Å²) in [6.45, 7) is 5.94. The highest BCUT2D eigenvalue weighted by Gasteiger charge is 1.96. The fourth-order valence-corrected chi connectivity index (χ4v) is 1.05. The zero-order valence-electron chi connectivity index (χ0n) is 9.45. The molecule has 15 heavy (non-hydrogen) atoms. The van der Waals surface area contributed by atoms with Crippen LogP contribution in [0, 0.1) is 0 Å². The highest BCUT2D eigenvalue weighted by molar-refractivity contribution is 5.26. The van der Waals surface area contributed by atoms with E-state index in [-0.39, 0.29) is 0 Å². The molecule has 0 saturated carbocycles. The molecule has 0 aliphatic carbocycles. The Bertz CT molecular complexity index is 273. The number of nitrogens with one attached hydrogen (secondary N) is 2. The SMILES string of the molecule is COc1cnc(NCCNC(C)C)nc1. The summed E-state index contributed by atoms with van der Waals surface area (Å²) in [5.41, 5.74) is 0. The summed E-state index contributed by atoms with van der Waals surface area (Å²) in [5.74, 6) is 1.29. The molecule has 0 aliphatic heterocycles. The van der Waals surface area contributed by atoms with Gasteiger partial charge in [-0.05, 0) is 0 Å². The van der Waals surface area contributed by atoms with Gasteiger partial charge in [0.15, 0.2) is 5.75 Å². The van der Waals surface area contributed by atoms with Crippen molar-refractivity contribution in [2.45, 2.75) is 19.9 Å². The summed E-state index contributed by atoms with van der Waals surface area (Å²) in [7, 11) is 1.60. The molecule has 0 radical (unpaired) electrons. The van der Waals surface area contributed by atoms with E-state index in [0.717, 1.165) is 13.1 Å². The first kappa shape index (κ1) is 11.7. The standard InChI is InChI=1S/C10H18N4O/c1-8(2)11-4-5-12-10-13-6-9(15-3)7-14-10/h6-8,11H,4-5H2,1-3H3,(H,12,13,14). The summed E-state index contributed by atoms with van der Waals surface area (Å²) >= 11 is 0. The number of methoxy groups -OCH3 is 1. The fourth-order valence-electron chi connectivity index (χ4n) is 1.05. The predicted octanol–water partition coefficient (Wildman–Crippen LogP) is 0.895. The van der Waals surface area contributed by atoms with Crippen LogP contribution >= 0.6 is 0 Å². The summed E-state index contributed by atoms with van der Waals surface area (Å²) < 4.78 is 4.96. The van der Waals surface area contributed by atoms with Gasteiger partial charge in [0.1, 0.15) is 0 Å². The van der Waals surface area contributed by atoms with Gasteiger partial charge in [0.2, 0.25) is 5.95 Å². The zero-order valence-corrected chi connectivity index (χ0v) is 9.45. The van der Waals surface area contributed by atoms with Crippen LogP contribution in [0.5, 0.6) is 5.75 Å². The maximum absolute atomic E-state index is 4.96. The number of anilines is 1. The third-order valence-electron chi connectivity index (χ3n) is 1.82. The molecule has 0 fully saturated rings. The minimum absolute atomic E-state index is 0.503. The molecular formula is C10H18N4O. The molecule has 0 atom stereocenters. The van der Waals surface area contributed by atoms with Crippen molar-refractivity contribution in [2.75, 3.05) is 25.5 Å². The van der Waals surface area contributed by atoms with E-state index in [1.165, 1.54) is 0 Å². The van der Waals surface area contributed by atoms with Crippen LogP contribution < -0.4 is 15.4 Å². The lowest BCUT2D eigenvalue weighted by Gasteiger charge is -2.08. The molecule has 1 heterocycles. The molecule has 0 aromatic carbocycles. The van der Waals surface area contributed by atoms with E-state index in [9.17, 15) is 0 Å². The van der Waals surface area contributed by atoms with E-state index in [4.69, 9.17) is 4.74 Å². The molecule has 0 spiro atoms. The monoisotopic (exact) mass is 210 g/mol. The molecular weight excluding hydrogens is 192 g/mol. The molecule has 5 nitrogen and oxygen atoms in total. The molecule has 1 aromatic rings. The molecule has 0 amide bonds. The van der Waals surface area contributed by atoms with Gasteiger partial charge in [-0.1, -0.05) is 13.8 Å². The first-order chi connectivity index (χ1) is 7.22. The summed E-state index contributed by atoms with van der Waals surface area (Å²) in [4.78, 5) is 8.18. The van der Waals surface area contributed by atoms with Crippen LogP contribution in [0.4, 0.5) is 5.95 Å². The van der Waals surface area contributed by atoms with Crippen molar-refractivity contribution in [3.63, 3.8) is 0 Å². The second kappa shape index (κ2) is 6.19. The Morgan fingerprint density at radius 1 is 1.27 bits per heavy atom. The van der Waals surface area contributed by atoms with Gasteiger partial charge in [0.05, 0.1) is 19.5 Å². The average Bonchev–Trinajstić information content (AvgIpc) is 2.25. The Balaban J connectivity index is 2.25. The maximum atomic E-state index is 4.96. The Labute approximate surface area is 90.3 Å². The number of nitrogens with zero attached hydrogens (tertiary/aromatic N) is 2. The third-order valence-corrected chi connectivity index (χ3v) is 1.82. The summed E-state index contributed by atoms with van der Waals surface area (Å²) in [6.07, 6.45) is 3.29. The number of ether oxygens (including phenoxy) is 1. The van der Waals surface area contributed by atoms with E-state index in [1.54, 1.807) is 19.5 Å². The second-order valence-electron chi connectivity index (χ2n) is 3.48. The largest absolute Gasteiger partial charge is 0.494 e. The van der Waals surface area contributed by atoms with E-state index in [1.807, 2.05) is 0 Å². The molecule has 0 bridgehead atoms. The van der Waals surface area contributed by atoms with Crippen LogP contribution in [-0.2, 0) is 0 Å². The van der Waals surface area contributed by atoms with Crippen molar-refractivity contribution >= 4 is 5.95 Å².